The fourth-order valence-corrected chi connectivity index (χ4v) is 4.01. The fourth-order valence-electron chi connectivity index (χ4n) is 4.01. The third kappa shape index (κ3) is 5.01. The molecule has 1 aliphatic heterocycles. The lowest BCUT2D eigenvalue weighted by Gasteiger charge is -2.27. The van der Waals surface area contributed by atoms with Crippen LogP contribution in [0.2, 0.25) is 0 Å². The maximum Gasteiger partial charge on any atom is 0.308 e. The molecule has 0 unspecified atom stereocenters. The monoisotopic (exact) mass is 376 g/mol. The Kier molecular flexibility index (Phi) is 7.66. The van der Waals surface area contributed by atoms with Crippen LogP contribution in [-0.2, 0) is 9.59 Å². The Bertz CT molecular complexity index is 632. The van der Waals surface area contributed by atoms with Gasteiger partial charge in [-0.2, -0.15) is 0 Å². The molecular formula is C21H32N2O4. The first-order chi connectivity index (χ1) is 12.9. The maximum absolute atomic E-state index is 12.6. The van der Waals surface area contributed by atoms with Gasteiger partial charge in [-0.15, -0.1) is 0 Å². The van der Waals surface area contributed by atoms with Crippen molar-refractivity contribution < 1.29 is 19.4 Å². The minimum absolute atomic E-state index is 0.0569. The molecule has 0 bridgehead atoms. The predicted molar refractivity (Wildman–Crippen MR) is 105 cm³/mol. The first-order valence-electron chi connectivity index (χ1n) is 9.77. The largest absolute Gasteiger partial charge is 0.497 e. The number of carboxylic acid groups (broad SMARTS) is 1. The summed E-state index contributed by atoms with van der Waals surface area (Å²) < 4.78 is 5.20. The molecule has 0 aromatic heterocycles. The van der Waals surface area contributed by atoms with Gasteiger partial charge in [0.2, 0.25) is 5.91 Å². The Balaban J connectivity index is 2.18. The van der Waals surface area contributed by atoms with Crippen LogP contribution in [0.4, 0.5) is 0 Å². The zero-order chi connectivity index (χ0) is 20.0. The standard InChI is InChI=1S/C21H32N2O4/c1-5-7-12-22(3)19(24)14-23-13-17(20(21(25)26)18(23)6-2)15-8-10-16(27-4)11-9-15/h8-11,17-18,20H,5-7,12-14H2,1-4H3,(H,25,26)/t17-,18+,20-/m1/s1. The molecular weight excluding hydrogens is 344 g/mol. The predicted octanol–water partition coefficient (Wildman–Crippen LogP) is 2.83. The molecule has 150 valence electrons. The first kappa shape index (κ1) is 21.2. The Morgan fingerprint density at radius 1 is 1.26 bits per heavy atom. The number of aliphatic carboxylic acids is 1. The average molecular weight is 376 g/mol. The zero-order valence-electron chi connectivity index (χ0n) is 16.9. The van der Waals surface area contributed by atoms with E-state index in [4.69, 9.17) is 4.74 Å². The Hall–Kier alpha value is -2.08. The van der Waals surface area contributed by atoms with E-state index in [1.807, 2.05) is 38.2 Å². The van der Waals surface area contributed by atoms with E-state index in [1.165, 1.54) is 0 Å². The highest BCUT2D eigenvalue weighted by atomic mass is 16.5. The van der Waals surface area contributed by atoms with Gasteiger partial charge >= 0.3 is 5.97 Å². The Labute approximate surface area is 162 Å². The number of likely N-dealkylation sites (N-methyl/N-ethyl adjacent to an activating group) is 1. The lowest BCUT2D eigenvalue weighted by Crippen LogP contribution is -2.42. The van der Waals surface area contributed by atoms with Crippen molar-refractivity contribution in [1.29, 1.82) is 0 Å². The summed E-state index contributed by atoms with van der Waals surface area (Å²) in [5.74, 6) is -0.636. The summed E-state index contributed by atoms with van der Waals surface area (Å²) in [6.07, 6.45) is 2.72. The lowest BCUT2D eigenvalue weighted by atomic mass is 9.84. The molecule has 1 heterocycles. The highest BCUT2D eigenvalue weighted by molar-refractivity contribution is 5.79. The van der Waals surface area contributed by atoms with Gasteiger partial charge in [-0.05, 0) is 30.5 Å². The molecule has 1 aromatic rings. The number of carbonyl (C=O) groups excluding carboxylic acids is 1. The second kappa shape index (κ2) is 9.74. The summed E-state index contributed by atoms with van der Waals surface area (Å²) in [7, 11) is 3.44. The maximum atomic E-state index is 12.6. The van der Waals surface area contributed by atoms with Gasteiger partial charge in [0.05, 0.1) is 19.6 Å². The molecule has 0 aliphatic carbocycles. The molecule has 1 amide bonds. The van der Waals surface area contributed by atoms with Crippen LogP contribution in [0, 0.1) is 5.92 Å². The van der Waals surface area contributed by atoms with E-state index in [-0.39, 0.29) is 24.4 Å². The molecule has 1 N–H and O–H groups in total. The van der Waals surface area contributed by atoms with Crippen molar-refractivity contribution in [3.05, 3.63) is 29.8 Å². The number of rotatable bonds is 9. The van der Waals surface area contributed by atoms with Gasteiger partial charge in [-0.25, -0.2) is 0 Å². The second-order valence-electron chi connectivity index (χ2n) is 7.32. The molecule has 27 heavy (non-hydrogen) atoms. The fraction of sp³-hybridized carbons (Fsp3) is 0.619. The van der Waals surface area contributed by atoms with E-state index in [0.29, 0.717) is 13.0 Å². The molecule has 6 heteroatoms. The zero-order valence-corrected chi connectivity index (χ0v) is 16.9. The average Bonchev–Trinajstić information content (AvgIpc) is 3.04. The topological polar surface area (TPSA) is 70.1 Å². The van der Waals surface area contributed by atoms with E-state index in [0.717, 1.165) is 30.7 Å². The lowest BCUT2D eigenvalue weighted by molar-refractivity contribution is -0.143. The van der Waals surface area contributed by atoms with E-state index in [9.17, 15) is 14.7 Å². The van der Waals surface area contributed by atoms with E-state index < -0.39 is 11.9 Å². The van der Waals surface area contributed by atoms with Crippen LogP contribution in [0.25, 0.3) is 0 Å². The van der Waals surface area contributed by atoms with Crippen LogP contribution in [0.15, 0.2) is 24.3 Å². The van der Waals surface area contributed by atoms with Crippen molar-refractivity contribution in [2.75, 3.05) is 33.8 Å². The summed E-state index contributed by atoms with van der Waals surface area (Å²) in [6.45, 7) is 5.69. The van der Waals surface area contributed by atoms with Crippen LogP contribution in [0.5, 0.6) is 5.75 Å². The van der Waals surface area contributed by atoms with Crippen molar-refractivity contribution in [2.24, 2.45) is 5.92 Å². The third-order valence-electron chi connectivity index (χ3n) is 5.61. The molecule has 3 atom stereocenters. The van der Waals surface area contributed by atoms with Gasteiger partial charge in [0, 0.05) is 32.1 Å². The van der Waals surface area contributed by atoms with E-state index >= 15 is 0 Å². The minimum Gasteiger partial charge on any atom is -0.497 e. The van der Waals surface area contributed by atoms with Gasteiger partial charge < -0.3 is 14.7 Å². The van der Waals surface area contributed by atoms with Crippen molar-refractivity contribution in [1.82, 2.24) is 9.80 Å². The number of methoxy groups -OCH3 is 1. The summed E-state index contributed by atoms with van der Waals surface area (Å²) in [5, 5.41) is 9.88. The molecule has 6 nitrogen and oxygen atoms in total. The molecule has 1 aromatic carbocycles. The van der Waals surface area contributed by atoms with Crippen molar-refractivity contribution in [3.63, 3.8) is 0 Å². The summed E-state index contributed by atoms with van der Waals surface area (Å²) in [4.78, 5) is 28.4. The smallest absolute Gasteiger partial charge is 0.308 e. The van der Waals surface area contributed by atoms with Gasteiger partial charge in [-0.1, -0.05) is 32.4 Å². The molecule has 0 saturated carbocycles. The number of amides is 1. The van der Waals surface area contributed by atoms with E-state index in [1.54, 1.807) is 12.0 Å². The Morgan fingerprint density at radius 3 is 2.44 bits per heavy atom. The molecule has 0 spiro atoms. The first-order valence-corrected chi connectivity index (χ1v) is 9.77. The molecule has 0 radical (unpaired) electrons. The number of likely N-dealkylation sites (tertiary alicyclic amines) is 1. The van der Waals surface area contributed by atoms with Crippen LogP contribution >= 0.6 is 0 Å². The highest BCUT2D eigenvalue weighted by Crippen LogP contribution is 2.39. The molecule has 1 aliphatic rings. The summed E-state index contributed by atoms with van der Waals surface area (Å²) in [6, 6.07) is 7.46. The number of carboxylic acids is 1. The van der Waals surface area contributed by atoms with Crippen molar-refractivity contribution in [2.45, 2.75) is 45.1 Å². The number of unbranched alkanes of at least 4 members (excludes halogenated alkanes) is 1. The van der Waals surface area contributed by atoms with Gasteiger partial charge in [0.25, 0.3) is 0 Å². The third-order valence-corrected chi connectivity index (χ3v) is 5.61. The van der Waals surface area contributed by atoms with E-state index in [2.05, 4.69) is 11.8 Å². The van der Waals surface area contributed by atoms with Crippen LogP contribution in [0.3, 0.4) is 0 Å². The van der Waals surface area contributed by atoms with Gasteiger partial charge in [0.15, 0.2) is 0 Å². The molecule has 1 saturated heterocycles. The minimum atomic E-state index is -0.794. The number of carbonyl (C=O) groups is 2. The number of benzene rings is 1. The number of nitrogens with zero attached hydrogens (tertiary/aromatic N) is 2. The van der Waals surface area contributed by atoms with Crippen LogP contribution in [0.1, 0.15) is 44.6 Å². The number of ether oxygens (including phenoxy) is 1. The number of hydrogen-bond acceptors (Lipinski definition) is 4. The Morgan fingerprint density at radius 2 is 1.93 bits per heavy atom. The quantitative estimate of drug-likeness (QED) is 0.718. The summed E-state index contributed by atoms with van der Waals surface area (Å²) in [5.41, 5.74) is 0.982. The van der Waals surface area contributed by atoms with Gasteiger partial charge in [-0.3, -0.25) is 14.5 Å². The van der Waals surface area contributed by atoms with Crippen molar-refractivity contribution in [3.8, 4) is 5.75 Å². The van der Waals surface area contributed by atoms with Crippen LogP contribution in [-0.4, -0.2) is 66.6 Å². The summed E-state index contributed by atoms with van der Waals surface area (Å²) >= 11 is 0. The van der Waals surface area contributed by atoms with Crippen molar-refractivity contribution >= 4 is 11.9 Å². The normalized spacial score (nSPS) is 22.6. The SMILES string of the molecule is CCCCN(C)C(=O)CN1C[C@H](c2ccc(OC)cc2)[C@@H](C(=O)O)[C@@H]1CC. The molecule has 2 rings (SSSR count). The second-order valence-corrected chi connectivity index (χ2v) is 7.32. The van der Waals surface area contributed by atoms with Crippen LogP contribution < -0.4 is 4.74 Å². The van der Waals surface area contributed by atoms with Gasteiger partial charge in [0.1, 0.15) is 5.75 Å². The highest BCUT2D eigenvalue weighted by Gasteiger charge is 2.46. The molecule has 1 fully saturated rings. The number of hydrogen-bond donors (Lipinski definition) is 1.